The molecule has 1 saturated heterocycles. The van der Waals surface area contributed by atoms with Crippen molar-refractivity contribution in [3.63, 3.8) is 0 Å². The predicted molar refractivity (Wildman–Crippen MR) is 85.1 cm³/mol. The maximum Gasteiger partial charge on any atom is 0.416 e. The van der Waals surface area contributed by atoms with E-state index in [0.717, 1.165) is 49.8 Å². The van der Waals surface area contributed by atoms with Crippen LogP contribution < -0.4 is 5.43 Å². The van der Waals surface area contributed by atoms with Crippen LogP contribution in [0.4, 0.5) is 13.2 Å². The van der Waals surface area contributed by atoms with Gasteiger partial charge in [-0.1, -0.05) is 18.6 Å². The summed E-state index contributed by atoms with van der Waals surface area (Å²) >= 11 is 0. The minimum Gasteiger partial charge on any atom is -0.502 e. The molecule has 4 nitrogen and oxygen atoms in total. The molecule has 2 aromatic rings. The van der Waals surface area contributed by atoms with Crippen LogP contribution in [0.1, 0.15) is 42.2 Å². The molecule has 0 amide bonds. The molecule has 1 atom stereocenters. The summed E-state index contributed by atoms with van der Waals surface area (Å²) in [6.45, 7) is 1.12. The van der Waals surface area contributed by atoms with Gasteiger partial charge in [-0.15, -0.1) is 0 Å². The second-order valence-corrected chi connectivity index (χ2v) is 6.20. The molecule has 0 saturated carbocycles. The summed E-state index contributed by atoms with van der Waals surface area (Å²) in [6, 6.07) is 6.44. The van der Waals surface area contributed by atoms with Crippen molar-refractivity contribution in [3.8, 4) is 5.75 Å². The lowest BCUT2D eigenvalue weighted by Gasteiger charge is -2.35. The van der Waals surface area contributed by atoms with Crippen LogP contribution in [-0.2, 0) is 12.7 Å². The molecule has 1 aliphatic heterocycles. The third-order valence-electron chi connectivity index (χ3n) is 4.46. The van der Waals surface area contributed by atoms with E-state index < -0.39 is 22.9 Å². The Morgan fingerprint density at radius 1 is 1.20 bits per heavy atom. The van der Waals surface area contributed by atoms with Gasteiger partial charge in [-0.05, 0) is 37.1 Å². The first kappa shape index (κ1) is 17.5. The molecule has 1 aromatic heterocycles. The number of alkyl halides is 3. The van der Waals surface area contributed by atoms with Crippen LogP contribution in [0.15, 0.2) is 45.8 Å². The van der Waals surface area contributed by atoms with Crippen molar-refractivity contribution in [2.75, 3.05) is 6.54 Å². The van der Waals surface area contributed by atoms with Crippen molar-refractivity contribution >= 4 is 0 Å². The smallest absolute Gasteiger partial charge is 0.416 e. The lowest BCUT2D eigenvalue weighted by atomic mass is 9.94. The Balaban J connectivity index is 1.81. The molecule has 0 spiro atoms. The van der Waals surface area contributed by atoms with E-state index in [1.54, 1.807) is 0 Å². The quantitative estimate of drug-likeness (QED) is 0.903. The molecule has 2 heterocycles. The van der Waals surface area contributed by atoms with Gasteiger partial charge in [-0.3, -0.25) is 9.69 Å². The summed E-state index contributed by atoms with van der Waals surface area (Å²) in [7, 11) is 0. The van der Waals surface area contributed by atoms with Gasteiger partial charge in [0, 0.05) is 12.1 Å². The highest BCUT2D eigenvalue weighted by Crippen LogP contribution is 2.34. The van der Waals surface area contributed by atoms with Crippen LogP contribution in [0, 0.1) is 0 Å². The zero-order valence-electron chi connectivity index (χ0n) is 13.4. The van der Waals surface area contributed by atoms with E-state index in [1.807, 2.05) is 0 Å². The zero-order valence-corrected chi connectivity index (χ0v) is 13.4. The second kappa shape index (κ2) is 6.92. The average molecular weight is 353 g/mol. The molecule has 7 heteroatoms. The normalized spacial score (nSPS) is 19.1. The second-order valence-electron chi connectivity index (χ2n) is 6.20. The molecule has 0 radical (unpaired) electrons. The fourth-order valence-corrected chi connectivity index (χ4v) is 3.18. The monoisotopic (exact) mass is 353 g/mol. The van der Waals surface area contributed by atoms with Crippen molar-refractivity contribution in [1.82, 2.24) is 4.90 Å². The Bertz CT molecular complexity index is 783. The van der Waals surface area contributed by atoms with Gasteiger partial charge < -0.3 is 9.52 Å². The fraction of sp³-hybridized carbons (Fsp3) is 0.389. The number of rotatable bonds is 3. The first-order valence-corrected chi connectivity index (χ1v) is 8.06. The first-order chi connectivity index (χ1) is 11.8. The molecule has 1 fully saturated rings. The summed E-state index contributed by atoms with van der Waals surface area (Å²) in [4.78, 5) is 13.6. The molecular formula is C18H18F3NO3. The molecule has 1 unspecified atom stereocenters. The summed E-state index contributed by atoms with van der Waals surface area (Å²) in [5, 5.41) is 9.26. The van der Waals surface area contributed by atoms with Gasteiger partial charge in [-0.2, -0.15) is 13.2 Å². The Kier molecular flexibility index (Phi) is 4.85. The highest BCUT2D eigenvalue weighted by Gasteiger charge is 2.31. The number of halogens is 3. The van der Waals surface area contributed by atoms with Crippen LogP contribution in [0.3, 0.4) is 0 Å². The third kappa shape index (κ3) is 4.04. The minimum atomic E-state index is -4.35. The summed E-state index contributed by atoms with van der Waals surface area (Å²) in [5.41, 5.74) is -0.360. The van der Waals surface area contributed by atoms with Gasteiger partial charge in [0.2, 0.25) is 5.43 Å². The minimum absolute atomic E-state index is 0.0323. The van der Waals surface area contributed by atoms with E-state index in [0.29, 0.717) is 12.3 Å². The molecule has 1 aromatic carbocycles. The van der Waals surface area contributed by atoms with Gasteiger partial charge in [-0.25, -0.2) is 0 Å². The topological polar surface area (TPSA) is 53.7 Å². The molecule has 134 valence electrons. The molecule has 1 N–H and O–H groups in total. The number of aromatic hydroxyl groups is 1. The Morgan fingerprint density at radius 2 is 1.92 bits per heavy atom. The van der Waals surface area contributed by atoms with Crippen LogP contribution in [-0.4, -0.2) is 16.6 Å². The molecule has 0 aliphatic carbocycles. The van der Waals surface area contributed by atoms with E-state index in [1.165, 1.54) is 18.2 Å². The van der Waals surface area contributed by atoms with Gasteiger partial charge in [0.25, 0.3) is 0 Å². The summed E-state index contributed by atoms with van der Waals surface area (Å²) in [6.07, 6.45) is -0.552. The van der Waals surface area contributed by atoms with Crippen LogP contribution in [0.5, 0.6) is 5.75 Å². The van der Waals surface area contributed by atoms with E-state index in [9.17, 15) is 23.1 Å². The Morgan fingerprint density at radius 3 is 2.56 bits per heavy atom. The van der Waals surface area contributed by atoms with Crippen LogP contribution >= 0.6 is 0 Å². The molecule has 25 heavy (non-hydrogen) atoms. The summed E-state index contributed by atoms with van der Waals surface area (Å²) in [5.74, 6) is -0.0247. The molecule has 0 bridgehead atoms. The highest BCUT2D eigenvalue weighted by atomic mass is 19.4. The fourth-order valence-electron chi connectivity index (χ4n) is 3.18. The first-order valence-electron chi connectivity index (χ1n) is 8.06. The molecular weight excluding hydrogens is 335 g/mol. The Labute approximate surface area is 142 Å². The average Bonchev–Trinajstić information content (AvgIpc) is 2.58. The van der Waals surface area contributed by atoms with Crippen molar-refractivity contribution in [1.29, 1.82) is 0 Å². The number of piperidine rings is 1. The van der Waals surface area contributed by atoms with E-state index in [4.69, 9.17) is 4.42 Å². The van der Waals surface area contributed by atoms with Crippen molar-refractivity contribution < 1.29 is 22.7 Å². The third-order valence-corrected chi connectivity index (χ3v) is 4.46. The predicted octanol–water partition coefficient (Wildman–Crippen LogP) is 4.09. The highest BCUT2D eigenvalue weighted by molar-refractivity contribution is 5.27. The van der Waals surface area contributed by atoms with E-state index in [2.05, 4.69) is 4.90 Å². The molecule has 3 rings (SSSR count). The standard InChI is InChI=1S/C18H18F3NO3/c19-18(20,21)13-6-4-12(5-7-13)15-3-1-2-8-22(15)10-14-9-16(23)17(24)11-25-14/h4-7,9,11,15,24H,1-3,8,10H2. The SMILES string of the molecule is O=c1cc(CN2CCCCC2c2ccc(C(F)(F)F)cc2)occ1O. The lowest BCUT2D eigenvalue weighted by Crippen LogP contribution is -2.33. The van der Waals surface area contributed by atoms with E-state index in [-0.39, 0.29) is 6.04 Å². The van der Waals surface area contributed by atoms with Gasteiger partial charge in [0.15, 0.2) is 5.75 Å². The number of benzene rings is 1. The van der Waals surface area contributed by atoms with Gasteiger partial charge >= 0.3 is 6.18 Å². The molecule has 1 aliphatic rings. The number of nitrogens with zero attached hydrogens (tertiary/aromatic N) is 1. The van der Waals surface area contributed by atoms with Gasteiger partial charge in [0.1, 0.15) is 12.0 Å². The maximum atomic E-state index is 12.7. The van der Waals surface area contributed by atoms with Crippen molar-refractivity contribution in [2.24, 2.45) is 0 Å². The lowest BCUT2D eigenvalue weighted by molar-refractivity contribution is -0.137. The Hall–Kier alpha value is -2.28. The van der Waals surface area contributed by atoms with Crippen molar-refractivity contribution in [2.45, 2.75) is 38.0 Å². The number of hydrogen-bond acceptors (Lipinski definition) is 4. The van der Waals surface area contributed by atoms with Crippen LogP contribution in [0.25, 0.3) is 0 Å². The number of likely N-dealkylation sites (tertiary alicyclic amines) is 1. The largest absolute Gasteiger partial charge is 0.502 e. The van der Waals surface area contributed by atoms with Crippen molar-refractivity contribution in [3.05, 3.63) is 63.7 Å². The zero-order chi connectivity index (χ0) is 18.0. The summed E-state index contributed by atoms with van der Waals surface area (Å²) < 4.78 is 43.4. The number of hydrogen-bond donors (Lipinski definition) is 1. The van der Waals surface area contributed by atoms with Gasteiger partial charge in [0.05, 0.1) is 12.1 Å². The van der Waals surface area contributed by atoms with E-state index >= 15 is 0 Å². The van der Waals surface area contributed by atoms with Crippen LogP contribution in [0.2, 0.25) is 0 Å². The maximum absolute atomic E-state index is 12.7.